The second-order valence-corrected chi connectivity index (χ2v) is 6.08. The van der Waals surface area contributed by atoms with Crippen LogP contribution in [0.5, 0.6) is 0 Å². The highest BCUT2D eigenvalue weighted by Gasteiger charge is 2.39. The quantitative estimate of drug-likeness (QED) is 0.834. The van der Waals surface area contributed by atoms with E-state index in [0.717, 1.165) is 10.5 Å². The summed E-state index contributed by atoms with van der Waals surface area (Å²) < 4.78 is 9.91. The second kappa shape index (κ2) is 6.04. The van der Waals surface area contributed by atoms with Crippen molar-refractivity contribution in [1.82, 2.24) is 15.0 Å². The number of aromatic nitrogens is 1. The lowest BCUT2D eigenvalue weighted by Gasteiger charge is -2.39. The van der Waals surface area contributed by atoms with Crippen LogP contribution in [0, 0.1) is 5.92 Å². The molecule has 3 amide bonds. The minimum Gasteiger partial charge on any atom is -0.439 e. The van der Waals surface area contributed by atoms with Crippen molar-refractivity contribution in [3.8, 4) is 11.3 Å². The largest absolute Gasteiger partial charge is 0.439 e. The topological polar surface area (TPSA) is 93.0 Å². The molecule has 8 nitrogen and oxygen atoms in total. The molecule has 2 aromatic rings. The smallest absolute Gasteiger partial charge is 0.417 e. The molecule has 25 heavy (non-hydrogen) atoms. The van der Waals surface area contributed by atoms with Crippen molar-refractivity contribution >= 4 is 17.9 Å². The summed E-state index contributed by atoms with van der Waals surface area (Å²) in [6, 6.07) is 11.0. The number of nitrogens with zero attached hydrogens (tertiary/aromatic N) is 3. The van der Waals surface area contributed by atoms with Gasteiger partial charge in [-0.1, -0.05) is 35.5 Å². The first-order valence-electron chi connectivity index (χ1n) is 7.90. The maximum atomic E-state index is 12.4. The third kappa shape index (κ3) is 2.86. The molecule has 0 bridgehead atoms. The Morgan fingerprint density at radius 3 is 2.64 bits per heavy atom. The van der Waals surface area contributed by atoms with Crippen LogP contribution >= 0.6 is 0 Å². The van der Waals surface area contributed by atoms with Gasteiger partial charge in [-0.05, 0) is 0 Å². The maximum Gasteiger partial charge on any atom is 0.417 e. The van der Waals surface area contributed by atoms with Crippen molar-refractivity contribution in [3.05, 3.63) is 42.1 Å². The minimum absolute atomic E-state index is 0.0547. The van der Waals surface area contributed by atoms with Gasteiger partial charge < -0.3 is 14.2 Å². The molecular weight excluding hydrogens is 326 g/mol. The zero-order valence-electron chi connectivity index (χ0n) is 13.3. The van der Waals surface area contributed by atoms with E-state index in [1.807, 2.05) is 30.3 Å². The van der Waals surface area contributed by atoms with Crippen LogP contribution in [0.4, 0.5) is 4.79 Å². The van der Waals surface area contributed by atoms with E-state index in [1.54, 1.807) is 11.0 Å². The highest BCUT2D eigenvalue weighted by molar-refractivity contribution is 5.98. The van der Waals surface area contributed by atoms with Gasteiger partial charge in [0, 0.05) is 37.2 Å². The summed E-state index contributed by atoms with van der Waals surface area (Å²) >= 11 is 0. The Bertz CT molecular complexity index is 810. The fourth-order valence-electron chi connectivity index (χ4n) is 2.94. The molecule has 128 valence electrons. The molecule has 0 unspecified atom stereocenters. The highest BCUT2D eigenvalue weighted by atomic mass is 16.6. The predicted molar refractivity (Wildman–Crippen MR) is 84.4 cm³/mol. The van der Waals surface area contributed by atoms with Gasteiger partial charge >= 0.3 is 6.09 Å². The molecule has 1 aromatic heterocycles. The van der Waals surface area contributed by atoms with Crippen LogP contribution in [0.2, 0.25) is 0 Å². The molecule has 2 aliphatic rings. The lowest BCUT2D eigenvalue weighted by Crippen LogP contribution is -2.54. The van der Waals surface area contributed by atoms with Crippen molar-refractivity contribution in [1.29, 1.82) is 0 Å². The van der Waals surface area contributed by atoms with Gasteiger partial charge in [0.2, 0.25) is 0 Å². The molecule has 3 heterocycles. The van der Waals surface area contributed by atoms with Crippen molar-refractivity contribution < 1.29 is 23.6 Å². The van der Waals surface area contributed by atoms with Crippen LogP contribution in [0.25, 0.3) is 11.3 Å². The Morgan fingerprint density at radius 2 is 1.96 bits per heavy atom. The first-order valence-corrected chi connectivity index (χ1v) is 7.90. The minimum atomic E-state index is -0.612. The van der Waals surface area contributed by atoms with Crippen LogP contribution in [-0.2, 0) is 9.53 Å². The van der Waals surface area contributed by atoms with Crippen LogP contribution in [0.15, 0.2) is 40.9 Å². The number of imide groups is 1. The zero-order valence-corrected chi connectivity index (χ0v) is 13.3. The summed E-state index contributed by atoms with van der Waals surface area (Å²) in [5, 5.41) is 3.84. The first kappa shape index (κ1) is 15.4. The lowest BCUT2D eigenvalue weighted by atomic mass is 9.99. The van der Waals surface area contributed by atoms with E-state index in [4.69, 9.17) is 4.52 Å². The molecule has 4 rings (SSSR count). The Labute approximate surface area is 142 Å². The summed E-state index contributed by atoms with van der Waals surface area (Å²) in [5.74, 6) is 0.0294. The molecule has 8 heteroatoms. The van der Waals surface area contributed by atoms with Crippen molar-refractivity contribution in [2.45, 2.75) is 0 Å². The van der Waals surface area contributed by atoms with Gasteiger partial charge in [0.1, 0.15) is 0 Å². The van der Waals surface area contributed by atoms with E-state index in [1.165, 1.54) is 0 Å². The van der Waals surface area contributed by atoms with Crippen LogP contribution in [0.1, 0.15) is 10.5 Å². The number of ether oxygens (including phenoxy) is 1. The van der Waals surface area contributed by atoms with Gasteiger partial charge in [0.05, 0.1) is 0 Å². The van der Waals surface area contributed by atoms with Gasteiger partial charge in [-0.25, -0.2) is 9.69 Å². The average molecular weight is 341 g/mol. The number of carbonyl (C=O) groups excluding carboxylic acids is 3. The zero-order chi connectivity index (χ0) is 17.4. The number of rotatable bonds is 4. The second-order valence-electron chi connectivity index (χ2n) is 6.08. The van der Waals surface area contributed by atoms with E-state index in [-0.39, 0.29) is 36.6 Å². The molecule has 0 atom stereocenters. The maximum absolute atomic E-state index is 12.4. The fraction of sp³-hybridized carbons (Fsp3) is 0.294. The summed E-state index contributed by atoms with van der Waals surface area (Å²) in [6.07, 6.45) is -0.612. The normalized spacial score (nSPS) is 17.6. The van der Waals surface area contributed by atoms with Gasteiger partial charge in [-0.15, -0.1) is 0 Å². The van der Waals surface area contributed by atoms with E-state index >= 15 is 0 Å². The van der Waals surface area contributed by atoms with E-state index in [0.29, 0.717) is 18.8 Å². The number of hydrogen-bond acceptors (Lipinski definition) is 6. The van der Waals surface area contributed by atoms with Gasteiger partial charge in [0.15, 0.2) is 18.1 Å². The summed E-state index contributed by atoms with van der Waals surface area (Å²) in [6.45, 7) is 0.998. The van der Waals surface area contributed by atoms with Crippen LogP contribution in [0.3, 0.4) is 0 Å². The summed E-state index contributed by atoms with van der Waals surface area (Å²) in [5.41, 5.74) is 1.09. The lowest BCUT2D eigenvalue weighted by molar-refractivity contribution is -0.126. The first-order chi connectivity index (χ1) is 12.1. The average Bonchev–Trinajstić information content (AvgIpc) is 3.19. The van der Waals surface area contributed by atoms with Gasteiger partial charge in [-0.2, -0.15) is 0 Å². The van der Waals surface area contributed by atoms with Crippen molar-refractivity contribution in [3.63, 3.8) is 0 Å². The fourth-order valence-corrected chi connectivity index (χ4v) is 2.94. The molecule has 2 saturated heterocycles. The number of carbonyl (C=O) groups is 3. The standard InChI is InChI=1S/C17H15N3O5/c21-15-10-24-17(23)20(15)9-11-7-19(8-11)16(22)13-6-14(25-18-13)12-4-2-1-3-5-12/h1-6,11H,7-10H2. The summed E-state index contributed by atoms with van der Waals surface area (Å²) in [7, 11) is 0. The number of cyclic esters (lactones) is 1. The number of amides is 3. The van der Waals surface area contributed by atoms with E-state index < -0.39 is 6.09 Å². The monoisotopic (exact) mass is 341 g/mol. The third-order valence-corrected chi connectivity index (χ3v) is 4.31. The SMILES string of the molecule is O=C(c1cc(-c2ccccc2)on1)N1CC(CN2C(=O)COC2=O)C1. The molecule has 0 spiro atoms. The number of hydrogen-bond donors (Lipinski definition) is 0. The molecule has 0 N–H and O–H groups in total. The van der Waals surface area contributed by atoms with E-state index in [9.17, 15) is 14.4 Å². The Morgan fingerprint density at radius 1 is 1.20 bits per heavy atom. The molecule has 0 radical (unpaired) electrons. The number of likely N-dealkylation sites (tertiary alicyclic amines) is 1. The van der Waals surface area contributed by atoms with Crippen LogP contribution in [-0.4, -0.2) is 59.1 Å². The molecule has 1 aromatic carbocycles. The van der Waals surface area contributed by atoms with Gasteiger partial charge in [-0.3, -0.25) is 9.59 Å². The molecule has 2 aliphatic heterocycles. The predicted octanol–water partition coefficient (Wildman–Crippen LogP) is 1.39. The molecule has 0 aliphatic carbocycles. The van der Waals surface area contributed by atoms with E-state index in [2.05, 4.69) is 9.89 Å². The highest BCUT2D eigenvalue weighted by Crippen LogP contribution is 2.24. The van der Waals surface area contributed by atoms with Gasteiger partial charge in [0.25, 0.3) is 11.8 Å². The summed E-state index contributed by atoms with van der Waals surface area (Å²) in [4.78, 5) is 38.0. The number of benzene rings is 1. The molecular formula is C17H15N3O5. The van der Waals surface area contributed by atoms with Crippen molar-refractivity contribution in [2.24, 2.45) is 5.92 Å². The Kier molecular flexibility index (Phi) is 3.72. The molecule has 2 fully saturated rings. The Hall–Kier alpha value is -3.16. The Balaban J connectivity index is 1.35. The third-order valence-electron chi connectivity index (χ3n) is 4.31. The molecule has 0 saturated carbocycles. The van der Waals surface area contributed by atoms with Crippen molar-refractivity contribution in [2.75, 3.05) is 26.2 Å². The van der Waals surface area contributed by atoms with Crippen LogP contribution < -0.4 is 0 Å².